The maximum absolute atomic E-state index is 13.6. The molecule has 3 aromatic carbocycles. The fourth-order valence-corrected chi connectivity index (χ4v) is 3.31. The summed E-state index contributed by atoms with van der Waals surface area (Å²) < 4.78 is 32.3. The Morgan fingerprint density at radius 3 is 2.30 bits per heavy atom. The van der Waals surface area contributed by atoms with Crippen molar-refractivity contribution >= 4 is 17.5 Å². The molecule has 3 N–H and O–H groups in total. The second-order valence-corrected chi connectivity index (χ2v) is 7.41. The van der Waals surface area contributed by atoms with E-state index in [0.717, 1.165) is 23.8 Å². The van der Waals surface area contributed by atoms with Crippen molar-refractivity contribution in [3.8, 4) is 5.75 Å². The topological polar surface area (TPSA) is 84.7 Å². The number of carbonyl (C=O) groups excluding carboxylic acids is 2. The number of amides is 2. The summed E-state index contributed by atoms with van der Waals surface area (Å²) in [4.78, 5) is 27.0. The lowest BCUT2D eigenvalue weighted by Gasteiger charge is -2.23. The van der Waals surface area contributed by atoms with Crippen LogP contribution in [0.5, 0.6) is 5.75 Å². The highest BCUT2D eigenvalue weighted by molar-refractivity contribution is 6.04. The molecule has 0 unspecified atom stereocenters. The average molecular weight is 453 g/mol. The minimum absolute atomic E-state index is 0.0755. The molecule has 2 amide bonds. The molecule has 0 aliphatic heterocycles. The van der Waals surface area contributed by atoms with E-state index in [1.807, 2.05) is 0 Å². The lowest BCUT2D eigenvalue weighted by molar-refractivity contribution is 0.0741. The van der Waals surface area contributed by atoms with Crippen molar-refractivity contribution in [3.05, 3.63) is 95.1 Å². The smallest absolute Gasteiger partial charge is 0.255 e. The van der Waals surface area contributed by atoms with Gasteiger partial charge in [-0.25, -0.2) is 8.78 Å². The molecule has 0 fully saturated rings. The first-order valence-corrected chi connectivity index (χ1v) is 10.4. The number of hydrogen-bond acceptors (Lipinski definition) is 4. The van der Waals surface area contributed by atoms with Crippen LogP contribution < -0.4 is 15.8 Å². The third-order valence-electron chi connectivity index (χ3n) is 4.94. The van der Waals surface area contributed by atoms with E-state index in [-0.39, 0.29) is 18.0 Å². The van der Waals surface area contributed by atoms with Gasteiger partial charge in [0.05, 0.1) is 7.11 Å². The van der Waals surface area contributed by atoms with Crippen LogP contribution in [0.25, 0.3) is 0 Å². The van der Waals surface area contributed by atoms with E-state index in [1.54, 1.807) is 55.6 Å². The normalized spacial score (nSPS) is 10.5. The Hall–Kier alpha value is -3.78. The van der Waals surface area contributed by atoms with Crippen LogP contribution in [0.3, 0.4) is 0 Å². The SMILES string of the molecule is COc1ccc(C(=O)Nc2cccc(CN(CCCN)C(=O)c3cc(F)cc(F)c3)c2)cc1. The van der Waals surface area contributed by atoms with Crippen molar-refractivity contribution in [1.29, 1.82) is 0 Å². The summed E-state index contributed by atoms with van der Waals surface area (Å²) in [5, 5.41) is 2.83. The Balaban J connectivity index is 1.75. The van der Waals surface area contributed by atoms with Crippen molar-refractivity contribution < 1.29 is 23.1 Å². The highest BCUT2D eigenvalue weighted by Crippen LogP contribution is 2.18. The third-order valence-corrected chi connectivity index (χ3v) is 4.94. The zero-order valence-electron chi connectivity index (χ0n) is 18.2. The molecule has 33 heavy (non-hydrogen) atoms. The summed E-state index contributed by atoms with van der Waals surface area (Å²) in [6.45, 7) is 0.859. The van der Waals surface area contributed by atoms with Gasteiger partial charge >= 0.3 is 0 Å². The zero-order chi connectivity index (χ0) is 23.8. The maximum atomic E-state index is 13.6. The largest absolute Gasteiger partial charge is 0.497 e. The van der Waals surface area contributed by atoms with Gasteiger partial charge in [-0.3, -0.25) is 9.59 Å². The molecule has 0 aliphatic carbocycles. The number of nitrogens with one attached hydrogen (secondary N) is 1. The Kier molecular flexibility index (Phi) is 8.10. The number of carbonyl (C=O) groups is 2. The van der Waals surface area contributed by atoms with E-state index < -0.39 is 17.5 Å². The lowest BCUT2D eigenvalue weighted by Crippen LogP contribution is -2.32. The molecule has 0 atom stereocenters. The molecule has 0 bridgehead atoms. The van der Waals surface area contributed by atoms with E-state index in [9.17, 15) is 18.4 Å². The molecule has 0 heterocycles. The van der Waals surface area contributed by atoms with Gasteiger partial charge in [0.1, 0.15) is 17.4 Å². The molecule has 0 saturated carbocycles. The van der Waals surface area contributed by atoms with Gasteiger partial charge in [0.25, 0.3) is 11.8 Å². The standard InChI is InChI=1S/C25H25F2N3O3/c1-33-23-8-6-18(7-9-23)24(31)29-22-5-2-4-17(12-22)16-30(11-3-10-28)25(32)19-13-20(26)15-21(27)14-19/h2,4-9,12-15H,3,10-11,16,28H2,1H3,(H,29,31). The summed E-state index contributed by atoms with van der Waals surface area (Å²) >= 11 is 0. The van der Waals surface area contributed by atoms with E-state index in [2.05, 4.69) is 5.32 Å². The van der Waals surface area contributed by atoms with Gasteiger partial charge in [-0.15, -0.1) is 0 Å². The Bertz CT molecular complexity index is 1100. The van der Waals surface area contributed by atoms with Crippen LogP contribution >= 0.6 is 0 Å². The quantitative estimate of drug-likeness (QED) is 0.508. The van der Waals surface area contributed by atoms with Crippen LogP contribution in [-0.4, -0.2) is 36.9 Å². The summed E-state index contributed by atoms with van der Waals surface area (Å²) in [5.41, 5.74) is 7.28. The number of anilines is 1. The molecule has 172 valence electrons. The predicted molar refractivity (Wildman–Crippen MR) is 122 cm³/mol. The summed E-state index contributed by atoms with van der Waals surface area (Å²) in [6.07, 6.45) is 0.525. The monoisotopic (exact) mass is 453 g/mol. The molecule has 6 nitrogen and oxygen atoms in total. The van der Waals surface area contributed by atoms with Gasteiger partial charge in [-0.2, -0.15) is 0 Å². The molecule has 0 spiro atoms. The molecule has 0 radical (unpaired) electrons. The number of benzene rings is 3. The highest BCUT2D eigenvalue weighted by atomic mass is 19.1. The summed E-state index contributed by atoms with van der Waals surface area (Å²) in [7, 11) is 1.55. The van der Waals surface area contributed by atoms with Crippen LogP contribution in [0.1, 0.15) is 32.7 Å². The summed E-state index contributed by atoms with van der Waals surface area (Å²) in [5.74, 6) is -1.79. The number of nitrogens with zero attached hydrogens (tertiary/aromatic N) is 1. The van der Waals surface area contributed by atoms with Gasteiger partial charge in [0, 0.05) is 36.0 Å². The van der Waals surface area contributed by atoms with Crippen molar-refractivity contribution in [2.75, 3.05) is 25.5 Å². The van der Waals surface area contributed by atoms with Gasteiger partial charge in [-0.05, 0) is 67.1 Å². The Morgan fingerprint density at radius 2 is 1.67 bits per heavy atom. The van der Waals surface area contributed by atoms with Crippen molar-refractivity contribution in [1.82, 2.24) is 4.90 Å². The van der Waals surface area contributed by atoms with E-state index in [1.165, 1.54) is 4.90 Å². The fraction of sp³-hybridized carbons (Fsp3) is 0.200. The molecule has 3 aromatic rings. The first-order chi connectivity index (χ1) is 15.9. The van der Waals surface area contributed by atoms with E-state index in [4.69, 9.17) is 10.5 Å². The van der Waals surface area contributed by atoms with Crippen molar-refractivity contribution in [3.63, 3.8) is 0 Å². The highest BCUT2D eigenvalue weighted by Gasteiger charge is 2.18. The van der Waals surface area contributed by atoms with Gasteiger partial charge in [0.15, 0.2) is 0 Å². The molecular formula is C25H25F2N3O3. The molecule has 0 aliphatic rings. The van der Waals surface area contributed by atoms with Crippen molar-refractivity contribution in [2.24, 2.45) is 5.73 Å². The Morgan fingerprint density at radius 1 is 0.970 bits per heavy atom. The average Bonchev–Trinajstić information content (AvgIpc) is 2.81. The van der Waals surface area contributed by atoms with Gasteiger partial charge < -0.3 is 20.7 Å². The van der Waals surface area contributed by atoms with Crippen LogP contribution in [0, 0.1) is 11.6 Å². The molecule has 3 rings (SSSR count). The minimum Gasteiger partial charge on any atom is -0.497 e. The molecule has 0 saturated heterocycles. The van der Waals surface area contributed by atoms with Crippen LogP contribution in [0.4, 0.5) is 14.5 Å². The molecule has 0 aromatic heterocycles. The third kappa shape index (κ3) is 6.60. The fourth-order valence-electron chi connectivity index (χ4n) is 3.31. The van der Waals surface area contributed by atoms with Crippen LogP contribution in [0.2, 0.25) is 0 Å². The van der Waals surface area contributed by atoms with Crippen molar-refractivity contribution in [2.45, 2.75) is 13.0 Å². The zero-order valence-corrected chi connectivity index (χ0v) is 18.2. The number of rotatable bonds is 9. The van der Waals surface area contributed by atoms with Gasteiger partial charge in [-0.1, -0.05) is 12.1 Å². The van der Waals surface area contributed by atoms with E-state index in [0.29, 0.717) is 36.5 Å². The van der Waals surface area contributed by atoms with Gasteiger partial charge in [0.2, 0.25) is 0 Å². The maximum Gasteiger partial charge on any atom is 0.255 e. The van der Waals surface area contributed by atoms with E-state index >= 15 is 0 Å². The van der Waals surface area contributed by atoms with Crippen LogP contribution in [0.15, 0.2) is 66.7 Å². The molecular weight excluding hydrogens is 428 g/mol. The first-order valence-electron chi connectivity index (χ1n) is 10.4. The number of halogens is 2. The number of ether oxygens (including phenoxy) is 1. The lowest BCUT2D eigenvalue weighted by atomic mass is 10.1. The summed E-state index contributed by atoms with van der Waals surface area (Å²) in [6, 6.07) is 16.5. The molecule has 8 heteroatoms. The first kappa shape index (κ1) is 23.9. The van der Waals surface area contributed by atoms with Crippen LogP contribution in [-0.2, 0) is 6.54 Å². The number of hydrogen-bond donors (Lipinski definition) is 2. The number of methoxy groups -OCH3 is 1. The Labute approximate surface area is 191 Å². The number of nitrogens with two attached hydrogens (primary N) is 1. The second kappa shape index (κ2) is 11.2. The minimum atomic E-state index is -0.819. The second-order valence-electron chi connectivity index (χ2n) is 7.41. The predicted octanol–water partition coefficient (Wildman–Crippen LogP) is 4.22.